The molecule has 0 atom stereocenters. The molecule has 0 amide bonds. The van der Waals surface area contributed by atoms with Gasteiger partial charge in [-0.2, -0.15) is 0 Å². The maximum Gasteiger partial charge on any atom is 0.203 e. The molecule has 2 aromatic heterocycles. The summed E-state index contributed by atoms with van der Waals surface area (Å²) in [5.74, 6) is 1.83. The molecule has 5 heteroatoms. The van der Waals surface area contributed by atoms with E-state index in [4.69, 9.17) is 14.2 Å². The molecule has 23 heavy (non-hydrogen) atoms. The number of aromatic nitrogens is 2. The minimum absolute atomic E-state index is 0.581. The topological polar surface area (TPSA) is 56.4 Å². The Kier molecular flexibility index (Phi) is 4.19. The van der Waals surface area contributed by atoms with Crippen molar-refractivity contribution >= 4 is 0 Å². The van der Waals surface area contributed by atoms with Crippen LogP contribution in [0.2, 0.25) is 0 Å². The van der Waals surface area contributed by atoms with Crippen molar-refractivity contribution in [2.45, 2.75) is 0 Å². The summed E-state index contributed by atoms with van der Waals surface area (Å²) in [7, 11) is 4.81. The molecule has 0 radical (unpaired) electrons. The number of methoxy groups -OCH3 is 3. The van der Waals surface area contributed by atoms with E-state index < -0.39 is 0 Å². The number of nitrogens with one attached hydrogen (secondary N) is 1. The molecule has 1 N–H and O–H groups in total. The first-order valence-electron chi connectivity index (χ1n) is 7.16. The lowest BCUT2D eigenvalue weighted by atomic mass is 10.1. The van der Waals surface area contributed by atoms with Gasteiger partial charge in [-0.05, 0) is 24.3 Å². The van der Waals surface area contributed by atoms with Crippen LogP contribution < -0.4 is 14.2 Å². The Morgan fingerprint density at radius 2 is 1.61 bits per heavy atom. The van der Waals surface area contributed by atoms with Gasteiger partial charge in [-0.3, -0.25) is 4.98 Å². The van der Waals surface area contributed by atoms with Gasteiger partial charge in [0.15, 0.2) is 11.5 Å². The van der Waals surface area contributed by atoms with E-state index in [9.17, 15) is 0 Å². The molecule has 0 aliphatic heterocycles. The molecule has 2 heterocycles. The van der Waals surface area contributed by atoms with E-state index in [1.165, 1.54) is 0 Å². The van der Waals surface area contributed by atoms with Crippen molar-refractivity contribution in [2.24, 2.45) is 0 Å². The van der Waals surface area contributed by atoms with E-state index in [1.54, 1.807) is 27.5 Å². The van der Waals surface area contributed by atoms with Crippen molar-refractivity contribution in [3.63, 3.8) is 0 Å². The number of nitrogens with zero attached hydrogens (tertiary/aromatic N) is 1. The summed E-state index contributed by atoms with van der Waals surface area (Å²) in [5, 5.41) is 0. The van der Waals surface area contributed by atoms with Crippen LogP contribution in [0.4, 0.5) is 0 Å². The standard InChI is InChI=1S/C18H18N2O3/c1-21-16-8-13(9-17(22-2)18(16)23-3)15-7-14(11-20-15)12-5-4-6-19-10-12/h4-11,20H,1-3H3. The van der Waals surface area contributed by atoms with Crippen molar-refractivity contribution < 1.29 is 14.2 Å². The van der Waals surface area contributed by atoms with Gasteiger partial charge in [-0.25, -0.2) is 0 Å². The highest BCUT2D eigenvalue weighted by atomic mass is 16.5. The lowest BCUT2D eigenvalue weighted by molar-refractivity contribution is 0.324. The second kappa shape index (κ2) is 6.44. The molecule has 3 aromatic rings. The Balaban J connectivity index is 2.04. The van der Waals surface area contributed by atoms with Crippen LogP contribution in [0.3, 0.4) is 0 Å². The maximum absolute atomic E-state index is 5.40. The van der Waals surface area contributed by atoms with E-state index >= 15 is 0 Å². The monoisotopic (exact) mass is 310 g/mol. The zero-order chi connectivity index (χ0) is 16.2. The fourth-order valence-corrected chi connectivity index (χ4v) is 2.50. The molecule has 0 saturated heterocycles. The highest BCUT2D eigenvalue weighted by molar-refractivity contribution is 5.74. The molecule has 0 fully saturated rings. The second-order valence-corrected chi connectivity index (χ2v) is 4.96. The maximum atomic E-state index is 5.40. The number of H-pyrrole nitrogens is 1. The quantitative estimate of drug-likeness (QED) is 0.779. The summed E-state index contributed by atoms with van der Waals surface area (Å²) in [4.78, 5) is 7.43. The van der Waals surface area contributed by atoms with Gasteiger partial charge in [0.1, 0.15) is 0 Å². The Morgan fingerprint density at radius 1 is 0.870 bits per heavy atom. The fraction of sp³-hybridized carbons (Fsp3) is 0.167. The van der Waals surface area contributed by atoms with Crippen LogP contribution in [0.1, 0.15) is 0 Å². The highest BCUT2D eigenvalue weighted by Gasteiger charge is 2.15. The molecule has 0 bridgehead atoms. The Bertz CT molecular complexity index is 772. The number of hydrogen-bond acceptors (Lipinski definition) is 4. The summed E-state index contributed by atoms with van der Waals surface area (Å²) in [6.45, 7) is 0. The molecule has 0 spiro atoms. The predicted octanol–water partition coefficient (Wildman–Crippen LogP) is 3.77. The van der Waals surface area contributed by atoms with E-state index in [2.05, 4.69) is 16.0 Å². The van der Waals surface area contributed by atoms with Crippen LogP contribution in [0, 0.1) is 0 Å². The average Bonchev–Trinajstić information content (AvgIpc) is 3.11. The highest BCUT2D eigenvalue weighted by Crippen LogP contribution is 2.41. The summed E-state index contributed by atoms with van der Waals surface area (Å²) in [5.41, 5.74) is 4.04. The normalized spacial score (nSPS) is 10.4. The third-order valence-corrected chi connectivity index (χ3v) is 3.65. The number of rotatable bonds is 5. The lowest BCUT2D eigenvalue weighted by Gasteiger charge is -2.13. The van der Waals surface area contributed by atoms with Gasteiger partial charge in [0, 0.05) is 41.0 Å². The third kappa shape index (κ3) is 2.85. The Hall–Kier alpha value is -2.95. The number of ether oxygens (including phenoxy) is 3. The molecular formula is C18H18N2O3. The van der Waals surface area contributed by atoms with Gasteiger partial charge in [0.25, 0.3) is 0 Å². The average molecular weight is 310 g/mol. The molecule has 0 unspecified atom stereocenters. The van der Waals surface area contributed by atoms with Crippen molar-refractivity contribution in [1.29, 1.82) is 0 Å². The number of hydrogen-bond donors (Lipinski definition) is 1. The fourth-order valence-electron chi connectivity index (χ4n) is 2.50. The predicted molar refractivity (Wildman–Crippen MR) is 89.1 cm³/mol. The van der Waals surface area contributed by atoms with E-state index in [-0.39, 0.29) is 0 Å². The van der Waals surface area contributed by atoms with Crippen molar-refractivity contribution in [3.05, 3.63) is 48.9 Å². The van der Waals surface area contributed by atoms with Crippen LogP contribution in [0.15, 0.2) is 48.9 Å². The Morgan fingerprint density at radius 3 is 2.17 bits per heavy atom. The third-order valence-electron chi connectivity index (χ3n) is 3.65. The van der Waals surface area contributed by atoms with Crippen LogP contribution in [0.25, 0.3) is 22.4 Å². The number of aromatic amines is 1. The molecule has 3 rings (SSSR count). The minimum Gasteiger partial charge on any atom is -0.493 e. The van der Waals surface area contributed by atoms with Gasteiger partial charge in [-0.15, -0.1) is 0 Å². The lowest BCUT2D eigenvalue weighted by Crippen LogP contribution is -1.95. The molecule has 0 aliphatic rings. The molecule has 5 nitrogen and oxygen atoms in total. The molecule has 0 saturated carbocycles. The summed E-state index contributed by atoms with van der Waals surface area (Å²) < 4.78 is 16.2. The van der Waals surface area contributed by atoms with Gasteiger partial charge in [-0.1, -0.05) is 6.07 Å². The van der Waals surface area contributed by atoms with E-state index in [0.717, 1.165) is 22.4 Å². The number of pyridine rings is 1. The van der Waals surface area contributed by atoms with Crippen molar-refractivity contribution in [3.8, 4) is 39.6 Å². The van der Waals surface area contributed by atoms with Gasteiger partial charge in [0.05, 0.1) is 21.3 Å². The van der Waals surface area contributed by atoms with E-state index in [1.807, 2.05) is 36.7 Å². The summed E-state index contributed by atoms with van der Waals surface area (Å²) in [6, 6.07) is 9.84. The van der Waals surface area contributed by atoms with Crippen LogP contribution >= 0.6 is 0 Å². The summed E-state index contributed by atoms with van der Waals surface area (Å²) >= 11 is 0. The molecule has 0 aliphatic carbocycles. The first kappa shape index (κ1) is 15.0. The van der Waals surface area contributed by atoms with Gasteiger partial charge < -0.3 is 19.2 Å². The van der Waals surface area contributed by atoms with Gasteiger partial charge >= 0.3 is 0 Å². The van der Waals surface area contributed by atoms with Crippen LogP contribution in [0.5, 0.6) is 17.2 Å². The van der Waals surface area contributed by atoms with E-state index in [0.29, 0.717) is 17.2 Å². The van der Waals surface area contributed by atoms with Crippen molar-refractivity contribution in [2.75, 3.05) is 21.3 Å². The first-order chi connectivity index (χ1) is 11.3. The first-order valence-corrected chi connectivity index (χ1v) is 7.16. The summed E-state index contributed by atoms with van der Waals surface area (Å²) in [6.07, 6.45) is 5.55. The van der Waals surface area contributed by atoms with Gasteiger partial charge in [0.2, 0.25) is 5.75 Å². The zero-order valence-corrected chi connectivity index (χ0v) is 13.3. The largest absolute Gasteiger partial charge is 0.493 e. The smallest absolute Gasteiger partial charge is 0.203 e. The number of benzene rings is 1. The minimum atomic E-state index is 0.581. The van der Waals surface area contributed by atoms with Crippen molar-refractivity contribution in [1.82, 2.24) is 9.97 Å². The molecule has 118 valence electrons. The van der Waals surface area contributed by atoms with Crippen LogP contribution in [-0.2, 0) is 0 Å². The zero-order valence-electron chi connectivity index (χ0n) is 13.3. The second-order valence-electron chi connectivity index (χ2n) is 4.96. The SMILES string of the molecule is COc1cc(-c2cc(-c3cccnc3)c[nH]2)cc(OC)c1OC. The molecule has 1 aromatic carbocycles. The van der Waals surface area contributed by atoms with Crippen LogP contribution in [-0.4, -0.2) is 31.3 Å². The molecular weight excluding hydrogens is 292 g/mol. The Labute approximate surface area is 134 Å².